The van der Waals surface area contributed by atoms with Crippen LogP contribution in [0.5, 0.6) is 0 Å². The molecule has 8 heteroatoms. The van der Waals surface area contributed by atoms with Gasteiger partial charge in [0.1, 0.15) is 0 Å². The first kappa shape index (κ1) is 20.6. The van der Waals surface area contributed by atoms with E-state index in [4.69, 9.17) is 40.5 Å². The zero-order valence-electron chi connectivity index (χ0n) is 16.3. The second-order valence-electron chi connectivity index (χ2n) is 7.33. The van der Waals surface area contributed by atoms with Crippen LogP contribution in [0.1, 0.15) is 5.56 Å². The van der Waals surface area contributed by atoms with Gasteiger partial charge in [0.25, 0.3) is 0 Å². The summed E-state index contributed by atoms with van der Waals surface area (Å²) in [5, 5.41) is 6.26. The standard InChI is InChI=1S/C21H23Cl2N5S/c1-25-20(17-4-8-19(23)9-5-17)24-28(21(25)29)15-27-12-10-26(11-13-27)14-16-2-6-18(22)7-3-16/h2-9H,10-15H2,1H3. The molecule has 3 aromatic rings. The number of halogens is 2. The van der Waals surface area contributed by atoms with Crippen molar-refractivity contribution in [1.29, 1.82) is 0 Å². The third-order valence-corrected chi connectivity index (χ3v) is 6.25. The van der Waals surface area contributed by atoms with E-state index in [1.165, 1.54) is 5.56 Å². The predicted molar refractivity (Wildman–Crippen MR) is 121 cm³/mol. The van der Waals surface area contributed by atoms with Crippen molar-refractivity contribution in [3.63, 3.8) is 0 Å². The topological polar surface area (TPSA) is 29.2 Å². The van der Waals surface area contributed by atoms with Crippen LogP contribution in [-0.4, -0.2) is 50.3 Å². The largest absolute Gasteiger partial charge is 0.303 e. The van der Waals surface area contributed by atoms with Gasteiger partial charge >= 0.3 is 0 Å². The maximum absolute atomic E-state index is 6.00. The van der Waals surface area contributed by atoms with Gasteiger partial charge in [-0.2, -0.15) is 5.10 Å². The van der Waals surface area contributed by atoms with Crippen LogP contribution in [0.2, 0.25) is 10.0 Å². The van der Waals surface area contributed by atoms with Crippen LogP contribution in [0.15, 0.2) is 48.5 Å². The number of piperazine rings is 1. The normalized spacial score (nSPS) is 15.7. The van der Waals surface area contributed by atoms with Crippen molar-refractivity contribution in [3.05, 3.63) is 68.9 Å². The highest BCUT2D eigenvalue weighted by Crippen LogP contribution is 2.20. The van der Waals surface area contributed by atoms with Crippen molar-refractivity contribution in [1.82, 2.24) is 24.1 Å². The molecule has 0 saturated carbocycles. The molecule has 0 bridgehead atoms. The van der Waals surface area contributed by atoms with Gasteiger partial charge in [-0.25, -0.2) is 4.68 Å². The summed E-state index contributed by atoms with van der Waals surface area (Å²) in [5.74, 6) is 0.855. The second kappa shape index (κ2) is 8.98. The van der Waals surface area contributed by atoms with Crippen LogP contribution in [0.4, 0.5) is 0 Å². The summed E-state index contributed by atoms with van der Waals surface area (Å²) >= 11 is 17.6. The van der Waals surface area contributed by atoms with Gasteiger partial charge in [0.2, 0.25) is 0 Å². The van der Waals surface area contributed by atoms with Gasteiger partial charge in [-0.3, -0.25) is 9.80 Å². The zero-order valence-corrected chi connectivity index (χ0v) is 18.6. The molecule has 0 spiro atoms. The van der Waals surface area contributed by atoms with Crippen molar-refractivity contribution in [2.24, 2.45) is 7.05 Å². The molecule has 5 nitrogen and oxygen atoms in total. The van der Waals surface area contributed by atoms with Crippen LogP contribution in [0.25, 0.3) is 11.4 Å². The average Bonchev–Trinajstić information content (AvgIpc) is 3.00. The summed E-state index contributed by atoms with van der Waals surface area (Å²) in [5.41, 5.74) is 2.30. The molecule has 0 radical (unpaired) electrons. The van der Waals surface area contributed by atoms with Crippen LogP contribution >= 0.6 is 35.4 Å². The van der Waals surface area contributed by atoms with Gasteiger partial charge in [-0.15, -0.1) is 0 Å². The third kappa shape index (κ3) is 4.90. The molecule has 1 aromatic heterocycles. The summed E-state index contributed by atoms with van der Waals surface area (Å²) in [6.07, 6.45) is 0. The molecule has 152 valence electrons. The maximum atomic E-state index is 6.00. The Morgan fingerprint density at radius 2 is 1.41 bits per heavy atom. The number of aromatic nitrogens is 3. The van der Waals surface area contributed by atoms with E-state index >= 15 is 0 Å². The monoisotopic (exact) mass is 447 g/mol. The number of nitrogens with zero attached hydrogens (tertiary/aromatic N) is 5. The molecular formula is C21H23Cl2N5S. The van der Waals surface area contributed by atoms with E-state index in [1.54, 1.807) is 0 Å². The molecule has 29 heavy (non-hydrogen) atoms. The van der Waals surface area contributed by atoms with E-state index < -0.39 is 0 Å². The van der Waals surface area contributed by atoms with Gasteiger partial charge in [0.05, 0.1) is 6.67 Å². The van der Waals surface area contributed by atoms with Crippen LogP contribution in [0, 0.1) is 4.77 Å². The Hall–Kier alpha value is -1.70. The molecular weight excluding hydrogens is 425 g/mol. The lowest BCUT2D eigenvalue weighted by atomic mass is 10.2. The van der Waals surface area contributed by atoms with E-state index in [9.17, 15) is 0 Å². The Kier molecular flexibility index (Phi) is 6.37. The highest BCUT2D eigenvalue weighted by atomic mass is 35.5. The fourth-order valence-electron chi connectivity index (χ4n) is 3.56. The van der Waals surface area contributed by atoms with Crippen molar-refractivity contribution in [2.75, 3.05) is 26.2 Å². The Labute approximate surface area is 186 Å². The van der Waals surface area contributed by atoms with E-state index in [-0.39, 0.29) is 0 Å². The van der Waals surface area contributed by atoms with Crippen molar-refractivity contribution in [2.45, 2.75) is 13.2 Å². The number of rotatable bonds is 5. The minimum atomic E-state index is 0.703. The maximum Gasteiger partial charge on any atom is 0.199 e. The smallest absolute Gasteiger partial charge is 0.199 e. The predicted octanol–water partition coefficient (Wildman–Crippen LogP) is 4.70. The molecule has 2 heterocycles. The summed E-state index contributed by atoms with van der Waals surface area (Å²) in [6.45, 7) is 5.67. The molecule has 0 N–H and O–H groups in total. The van der Waals surface area contributed by atoms with Gasteiger partial charge in [0, 0.05) is 55.4 Å². The minimum Gasteiger partial charge on any atom is -0.303 e. The number of hydrogen-bond donors (Lipinski definition) is 0. The molecule has 0 aliphatic carbocycles. The third-order valence-electron chi connectivity index (χ3n) is 5.26. The lowest BCUT2D eigenvalue weighted by Crippen LogP contribution is -2.46. The first-order valence-corrected chi connectivity index (χ1v) is 10.7. The second-order valence-corrected chi connectivity index (χ2v) is 8.57. The summed E-state index contributed by atoms with van der Waals surface area (Å²) in [7, 11) is 1.96. The van der Waals surface area contributed by atoms with Crippen molar-refractivity contribution < 1.29 is 0 Å². The van der Waals surface area contributed by atoms with E-state index in [2.05, 4.69) is 21.9 Å². The highest BCUT2D eigenvalue weighted by Gasteiger charge is 2.19. The minimum absolute atomic E-state index is 0.703. The molecule has 0 amide bonds. The van der Waals surface area contributed by atoms with Crippen LogP contribution < -0.4 is 0 Å². The van der Waals surface area contributed by atoms with Crippen molar-refractivity contribution >= 4 is 35.4 Å². The average molecular weight is 448 g/mol. The quantitative estimate of drug-likeness (QED) is 0.530. The molecule has 1 fully saturated rings. The zero-order chi connectivity index (χ0) is 20.4. The van der Waals surface area contributed by atoms with E-state index in [0.717, 1.165) is 53.9 Å². The first-order chi connectivity index (χ1) is 14.0. The fraction of sp³-hybridized carbons (Fsp3) is 0.333. The van der Waals surface area contributed by atoms with Gasteiger partial charge in [0.15, 0.2) is 10.6 Å². The lowest BCUT2D eigenvalue weighted by Gasteiger charge is -2.34. The van der Waals surface area contributed by atoms with Crippen LogP contribution in [0.3, 0.4) is 0 Å². The highest BCUT2D eigenvalue weighted by molar-refractivity contribution is 7.71. The Morgan fingerprint density at radius 1 is 0.862 bits per heavy atom. The number of hydrogen-bond acceptors (Lipinski definition) is 4. The van der Waals surface area contributed by atoms with Crippen LogP contribution in [-0.2, 0) is 20.3 Å². The molecule has 1 aliphatic rings. The number of benzene rings is 2. The van der Waals surface area contributed by atoms with E-state index in [1.807, 2.05) is 52.7 Å². The fourth-order valence-corrected chi connectivity index (χ4v) is 3.99. The molecule has 0 atom stereocenters. The summed E-state index contributed by atoms with van der Waals surface area (Å²) in [4.78, 5) is 4.86. The molecule has 1 saturated heterocycles. The summed E-state index contributed by atoms with van der Waals surface area (Å²) in [6, 6.07) is 15.8. The van der Waals surface area contributed by atoms with E-state index in [0.29, 0.717) is 11.7 Å². The molecule has 4 rings (SSSR count). The van der Waals surface area contributed by atoms with Crippen molar-refractivity contribution in [3.8, 4) is 11.4 Å². The SMILES string of the molecule is Cn1c(-c2ccc(Cl)cc2)nn(CN2CCN(Cc3ccc(Cl)cc3)CC2)c1=S. The molecule has 2 aromatic carbocycles. The van der Waals surface area contributed by atoms with Gasteiger partial charge in [-0.05, 0) is 54.2 Å². The summed E-state index contributed by atoms with van der Waals surface area (Å²) < 4.78 is 4.59. The first-order valence-electron chi connectivity index (χ1n) is 9.58. The Morgan fingerprint density at radius 3 is 2.03 bits per heavy atom. The Bertz CT molecular complexity index is 1020. The lowest BCUT2D eigenvalue weighted by molar-refractivity contribution is 0.0981. The van der Waals surface area contributed by atoms with Gasteiger partial charge < -0.3 is 4.57 Å². The molecule has 0 unspecified atom stereocenters. The Balaban J connectivity index is 1.38. The molecule has 1 aliphatic heterocycles. The van der Waals surface area contributed by atoms with Gasteiger partial charge in [-0.1, -0.05) is 35.3 Å².